The molecule has 20 heavy (non-hydrogen) atoms. The van der Waals surface area contributed by atoms with Crippen LogP contribution in [0.4, 0.5) is 18.9 Å². The van der Waals surface area contributed by atoms with E-state index in [9.17, 15) is 13.2 Å². The van der Waals surface area contributed by atoms with Crippen LogP contribution >= 0.6 is 31.9 Å². The average Bonchev–Trinajstić information content (AvgIpc) is 2.35. The second-order valence-corrected chi connectivity index (χ2v) is 6.05. The summed E-state index contributed by atoms with van der Waals surface area (Å²) in [6.45, 7) is 1.80. The molecule has 2 rings (SSSR count). The lowest BCUT2D eigenvalue weighted by Crippen LogP contribution is -2.09. The third-order valence-corrected chi connectivity index (χ3v) is 3.99. The van der Waals surface area contributed by atoms with E-state index in [0.717, 1.165) is 20.6 Å². The Morgan fingerprint density at radius 3 is 2.25 bits per heavy atom. The van der Waals surface area contributed by atoms with E-state index in [0.29, 0.717) is 6.07 Å². The third-order valence-electron chi connectivity index (χ3n) is 2.81. The highest BCUT2D eigenvalue weighted by molar-refractivity contribution is 9.11. The van der Waals surface area contributed by atoms with Gasteiger partial charge >= 0.3 is 0 Å². The van der Waals surface area contributed by atoms with Crippen LogP contribution in [0, 0.1) is 17.5 Å². The summed E-state index contributed by atoms with van der Waals surface area (Å²) < 4.78 is 41.3. The molecular formula is C14H10Br2F3N. The van der Waals surface area contributed by atoms with Gasteiger partial charge in [-0.3, -0.25) is 0 Å². The quantitative estimate of drug-likeness (QED) is 0.632. The maximum atomic E-state index is 13.6. The van der Waals surface area contributed by atoms with Crippen molar-refractivity contribution in [3.8, 4) is 0 Å². The third kappa shape index (κ3) is 3.35. The van der Waals surface area contributed by atoms with Crippen molar-refractivity contribution in [3.05, 3.63) is 62.3 Å². The molecule has 0 saturated carbocycles. The number of benzene rings is 2. The van der Waals surface area contributed by atoms with Crippen molar-refractivity contribution in [1.82, 2.24) is 0 Å². The maximum absolute atomic E-state index is 13.6. The van der Waals surface area contributed by atoms with Gasteiger partial charge in [0.05, 0.1) is 5.69 Å². The number of halogens is 5. The van der Waals surface area contributed by atoms with Crippen LogP contribution in [0.1, 0.15) is 18.5 Å². The SMILES string of the molecule is CC(Nc1cc(F)c(F)cc1F)c1ccc(Br)cc1Br. The van der Waals surface area contributed by atoms with Crippen molar-refractivity contribution in [3.63, 3.8) is 0 Å². The Kier molecular flexibility index (Phi) is 4.75. The largest absolute Gasteiger partial charge is 0.376 e. The van der Waals surface area contributed by atoms with E-state index in [1.807, 2.05) is 18.2 Å². The van der Waals surface area contributed by atoms with E-state index >= 15 is 0 Å². The zero-order valence-corrected chi connectivity index (χ0v) is 13.5. The first kappa shape index (κ1) is 15.4. The maximum Gasteiger partial charge on any atom is 0.161 e. The molecule has 1 atom stereocenters. The lowest BCUT2D eigenvalue weighted by molar-refractivity contribution is 0.495. The topological polar surface area (TPSA) is 12.0 Å². The summed E-state index contributed by atoms with van der Waals surface area (Å²) in [5.74, 6) is -3.12. The summed E-state index contributed by atoms with van der Waals surface area (Å²) in [4.78, 5) is 0. The molecule has 2 aromatic rings. The summed E-state index contributed by atoms with van der Waals surface area (Å²) in [7, 11) is 0. The van der Waals surface area contributed by atoms with Crippen molar-refractivity contribution in [2.24, 2.45) is 0 Å². The highest BCUT2D eigenvalue weighted by atomic mass is 79.9. The van der Waals surface area contributed by atoms with Crippen molar-refractivity contribution in [2.45, 2.75) is 13.0 Å². The molecule has 0 aliphatic rings. The van der Waals surface area contributed by atoms with Crippen LogP contribution in [-0.2, 0) is 0 Å². The van der Waals surface area contributed by atoms with E-state index in [-0.39, 0.29) is 11.7 Å². The monoisotopic (exact) mass is 407 g/mol. The molecule has 0 aliphatic heterocycles. The number of anilines is 1. The smallest absolute Gasteiger partial charge is 0.161 e. The van der Waals surface area contributed by atoms with Crippen molar-refractivity contribution in [1.29, 1.82) is 0 Å². The van der Waals surface area contributed by atoms with Gasteiger partial charge in [0.1, 0.15) is 5.82 Å². The van der Waals surface area contributed by atoms with Crippen molar-refractivity contribution < 1.29 is 13.2 Å². The summed E-state index contributed by atoms with van der Waals surface area (Å²) in [5.41, 5.74) is 0.795. The second-order valence-electron chi connectivity index (χ2n) is 4.28. The molecule has 2 aromatic carbocycles. The van der Waals surface area contributed by atoms with Gasteiger partial charge in [-0.15, -0.1) is 0 Å². The molecule has 0 aliphatic carbocycles. The number of rotatable bonds is 3. The fourth-order valence-electron chi connectivity index (χ4n) is 1.80. The minimum Gasteiger partial charge on any atom is -0.376 e. The summed E-state index contributed by atoms with van der Waals surface area (Å²) >= 11 is 6.75. The van der Waals surface area contributed by atoms with Gasteiger partial charge in [0.25, 0.3) is 0 Å². The first-order chi connectivity index (χ1) is 9.38. The van der Waals surface area contributed by atoms with Crippen LogP contribution in [0.25, 0.3) is 0 Å². The Labute approximate surface area is 131 Å². The summed E-state index contributed by atoms with van der Waals surface area (Å²) in [6, 6.07) is 6.62. The van der Waals surface area contributed by atoms with E-state index < -0.39 is 17.5 Å². The van der Waals surface area contributed by atoms with E-state index in [2.05, 4.69) is 37.2 Å². The number of hydrogen-bond acceptors (Lipinski definition) is 1. The molecule has 1 nitrogen and oxygen atoms in total. The Hall–Kier alpha value is -1.01. The Morgan fingerprint density at radius 1 is 0.950 bits per heavy atom. The first-order valence-electron chi connectivity index (χ1n) is 5.74. The second kappa shape index (κ2) is 6.18. The van der Waals surface area contributed by atoms with Crippen LogP contribution in [0.2, 0.25) is 0 Å². The normalized spacial score (nSPS) is 12.3. The summed E-state index contributed by atoms with van der Waals surface area (Å²) in [6.07, 6.45) is 0. The zero-order chi connectivity index (χ0) is 14.9. The summed E-state index contributed by atoms with van der Waals surface area (Å²) in [5, 5.41) is 2.83. The highest BCUT2D eigenvalue weighted by Gasteiger charge is 2.14. The van der Waals surface area contributed by atoms with E-state index in [1.54, 1.807) is 6.92 Å². The fourth-order valence-corrected chi connectivity index (χ4v) is 3.19. The molecule has 0 aromatic heterocycles. The Bertz CT molecular complexity index is 647. The molecule has 1 unspecified atom stereocenters. The highest BCUT2D eigenvalue weighted by Crippen LogP contribution is 2.30. The van der Waals surface area contributed by atoms with E-state index in [1.165, 1.54) is 0 Å². The van der Waals surface area contributed by atoms with Gasteiger partial charge in [-0.05, 0) is 24.6 Å². The number of nitrogens with one attached hydrogen (secondary N) is 1. The number of hydrogen-bond donors (Lipinski definition) is 1. The molecule has 6 heteroatoms. The molecule has 0 bridgehead atoms. The molecule has 1 N–H and O–H groups in total. The van der Waals surface area contributed by atoms with Gasteiger partial charge < -0.3 is 5.32 Å². The van der Waals surface area contributed by atoms with E-state index in [4.69, 9.17) is 0 Å². The van der Waals surface area contributed by atoms with Crippen LogP contribution in [0.3, 0.4) is 0 Å². The lowest BCUT2D eigenvalue weighted by atomic mass is 10.1. The molecule has 0 heterocycles. The fraction of sp³-hybridized carbons (Fsp3) is 0.143. The molecule has 0 amide bonds. The molecular weight excluding hydrogens is 399 g/mol. The molecule has 0 saturated heterocycles. The standard InChI is InChI=1S/C14H10Br2F3N/c1-7(9-3-2-8(15)4-10(9)16)20-14-6-12(18)11(17)5-13(14)19/h2-7,20H,1H3. The molecule has 0 spiro atoms. The molecule has 0 radical (unpaired) electrons. The predicted molar refractivity (Wildman–Crippen MR) is 80.2 cm³/mol. The predicted octanol–water partition coefficient (Wildman–Crippen LogP) is 5.80. The van der Waals surface area contributed by atoms with Gasteiger partial charge in [-0.25, -0.2) is 13.2 Å². The van der Waals surface area contributed by atoms with Gasteiger partial charge in [-0.1, -0.05) is 37.9 Å². The van der Waals surface area contributed by atoms with Crippen LogP contribution in [0.15, 0.2) is 39.3 Å². The minimum absolute atomic E-state index is 0.0776. The van der Waals surface area contributed by atoms with Crippen LogP contribution in [-0.4, -0.2) is 0 Å². The minimum atomic E-state index is -1.20. The Morgan fingerprint density at radius 2 is 1.60 bits per heavy atom. The van der Waals surface area contributed by atoms with Crippen LogP contribution in [0.5, 0.6) is 0 Å². The van der Waals surface area contributed by atoms with Gasteiger partial charge in [-0.2, -0.15) is 0 Å². The van der Waals surface area contributed by atoms with Crippen molar-refractivity contribution >= 4 is 37.5 Å². The average molecular weight is 409 g/mol. The van der Waals surface area contributed by atoms with Gasteiger partial charge in [0, 0.05) is 27.1 Å². The van der Waals surface area contributed by atoms with Crippen LogP contribution < -0.4 is 5.32 Å². The molecule has 0 fully saturated rings. The zero-order valence-electron chi connectivity index (χ0n) is 10.4. The first-order valence-corrected chi connectivity index (χ1v) is 7.33. The van der Waals surface area contributed by atoms with Crippen molar-refractivity contribution in [2.75, 3.05) is 5.32 Å². The van der Waals surface area contributed by atoms with Gasteiger partial charge in [0.2, 0.25) is 0 Å². The molecule has 106 valence electrons. The lowest BCUT2D eigenvalue weighted by Gasteiger charge is -2.18. The Balaban J connectivity index is 2.27. The van der Waals surface area contributed by atoms with Gasteiger partial charge in [0.15, 0.2) is 11.6 Å².